The van der Waals surface area contributed by atoms with Crippen molar-refractivity contribution >= 4 is 22.8 Å². The number of phenolic OH excluding ortho intramolecular Hbond substituents is 1. The summed E-state index contributed by atoms with van der Waals surface area (Å²) in [6, 6.07) is 40.0. The maximum atomic E-state index is 13.8. The highest BCUT2D eigenvalue weighted by atomic mass is 16.5. The monoisotopic (exact) mass is 850 g/mol. The van der Waals surface area contributed by atoms with Gasteiger partial charge < -0.3 is 34.9 Å². The van der Waals surface area contributed by atoms with Gasteiger partial charge in [-0.1, -0.05) is 84.9 Å². The molecule has 0 aliphatic carbocycles. The number of hydrogen-bond donors (Lipinski definition) is 4. The molecular weight excluding hydrogens is 793 g/mol. The number of phenols is 1. The fraction of sp³-hybridized carbons (Fsp3) is 0.327. The first-order valence-electron chi connectivity index (χ1n) is 22.0. The van der Waals surface area contributed by atoms with E-state index in [1.165, 1.54) is 11.6 Å². The van der Waals surface area contributed by atoms with Crippen molar-refractivity contribution < 1.29 is 28.9 Å². The minimum Gasteiger partial charge on any atom is -0.506 e. The average Bonchev–Trinajstić information content (AvgIpc) is 3.29. The Morgan fingerprint density at radius 1 is 0.825 bits per heavy atom. The fourth-order valence-corrected chi connectivity index (χ4v) is 8.06. The summed E-state index contributed by atoms with van der Waals surface area (Å²) in [7, 11) is 0. The number of aromatic nitrogens is 1. The third-order valence-electron chi connectivity index (χ3n) is 11.4. The van der Waals surface area contributed by atoms with Gasteiger partial charge in [-0.05, 0) is 124 Å². The predicted octanol–water partition coefficient (Wildman–Crippen LogP) is 8.14. The molecule has 1 saturated heterocycles. The van der Waals surface area contributed by atoms with Gasteiger partial charge in [0.1, 0.15) is 23.2 Å². The number of piperidine rings is 1. The van der Waals surface area contributed by atoms with E-state index in [2.05, 4.69) is 44.8 Å². The number of H-pyrrole nitrogens is 1. The van der Waals surface area contributed by atoms with Crippen LogP contribution in [0.3, 0.4) is 0 Å². The van der Waals surface area contributed by atoms with E-state index in [9.17, 15) is 19.5 Å². The van der Waals surface area contributed by atoms with E-state index in [1.54, 1.807) is 24.3 Å². The van der Waals surface area contributed by atoms with E-state index in [4.69, 9.17) is 14.2 Å². The van der Waals surface area contributed by atoms with E-state index in [-0.39, 0.29) is 29.3 Å². The molecule has 0 radical (unpaired) electrons. The van der Waals surface area contributed by atoms with Crippen LogP contribution in [0.2, 0.25) is 0 Å². The summed E-state index contributed by atoms with van der Waals surface area (Å²) in [6.07, 6.45) is 3.16. The minimum absolute atomic E-state index is 0.0413. The van der Waals surface area contributed by atoms with Gasteiger partial charge in [0.2, 0.25) is 5.56 Å². The second-order valence-corrected chi connectivity index (χ2v) is 16.5. The maximum absolute atomic E-state index is 13.8. The molecule has 6 aromatic rings. The number of rotatable bonds is 20. The number of nitrogens with zero attached hydrogens (tertiary/aromatic N) is 1. The number of aromatic hydroxyl groups is 1. The number of nitrogens with one attached hydrogen (secondary N) is 3. The SMILES string of the molecule is CC(C)Oc1cc(C(=O)NCCCOc2cccc(C(C(=O)OCC3CCN(Cc4ccccc4)CC3)c3ccccc3)c2)ccc1CNCCc1ccc(O)c2[nH]c(=O)ccc12. The summed E-state index contributed by atoms with van der Waals surface area (Å²) in [5.41, 5.74) is 5.59. The number of aromatic amines is 1. The number of fused-ring (bicyclic) bond motifs is 1. The minimum atomic E-state index is -0.584. The summed E-state index contributed by atoms with van der Waals surface area (Å²) in [5.74, 6) is 0.601. The lowest BCUT2D eigenvalue weighted by molar-refractivity contribution is -0.146. The van der Waals surface area contributed by atoms with Crippen LogP contribution < -0.4 is 25.7 Å². The summed E-state index contributed by atoms with van der Waals surface area (Å²) >= 11 is 0. The molecule has 11 nitrogen and oxygen atoms in total. The smallest absolute Gasteiger partial charge is 0.317 e. The van der Waals surface area contributed by atoms with Crippen LogP contribution in [0.25, 0.3) is 10.9 Å². The molecule has 1 unspecified atom stereocenters. The van der Waals surface area contributed by atoms with Crippen molar-refractivity contribution in [3.05, 3.63) is 171 Å². The van der Waals surface area contributed by atoms with Crippen molar-refractivity contribution in [2.75, 3.05) is 39.4 Å². The zero-order chi connectivity index (χ0) is 44.0. The molecule has 1 atom stereocenters. The first kappa shape index (κ1) is 44.6. The van der Waals surface area contributed by atoms with Crippen LogP contribution >= 0.6 is 0 Å². The fourth-order valence-electron chi connectivity index (χ4n) is 8.06. The summed E-state index contributed by atoms with van der Waals surface area (Å²) < 4.78 is 18.3. The Labute approximate surface area is 369 Å². The first-order valence-corrected chi connectivity index (χ1v) is 22.0. The molecule has 1 fully saturated rings. The largest absolute Gasteiger partial charge is 0.506 e. The second-order valence-electron chi connectivity index (χ2n) is 16.5. The Bertz CT molecular complexity index is 2480. The highest BCUT2D eigenvalue weighted by molar-refractivity contribution is 5.94. The predicted molar refractivity (Wildman–Crippen MR) is 246 cm³/mol. The lowest BCUT2D eigenvalue weighted by Crippen LogP contribution is -2.35. The number of benzene rings is 5. The quantitative estimate of drug-likeness (QED) is 0.0443. The lowest BCUT2D eigenvalue weighted by atomic mass is 9.91. The van der Waals surface area contributed by atoms with Crippen molar-refractivity contribution in [3.8, 4) is 17.2 Å². The molecule has 0 saturated carbocycles. The van der Waals surface area contributed by atoms with Crippen LogP contribution in [-0.2, 0) is 29.0 Å². The number of likely N-dealkylation sites (tertiary alicyclic amines) is 1. The number of esters is 1. The molecule has 1 aliphatic rings. The summed E-state index contributed by atoms with van der Waals surface area (Å²) in [5, 5.41) is 17.5. The Balaban J connectivity index is 0.875. The molecule has 2 heterocycles. The molecule has 1 amide bonds. The molecule has 4 N–H and O–H groups in total. The summed E-state index contributed by atoms with van der Waals surface area (Å²) in [4.78, 5) is 44.0. The molecule has 63 heavy (non-hydrogen) atoms. The van der Waals surface area contributed by atoms with Gasteiger partial charge in [-0.3, -0.25) is 19.3 Å². The maximum Gasteiger partial charge on any atom is 0.317 e. The highest BCUT2D eigenvalue weighted by Crippen LogP contribution is 2.30. The molecule has 5 aromatic carbocycles. The van der Waals surface area contributed by atoms with Gasteiger partial charge in [-0.15, -0.1) is 0 Å². The third kappa shape index (κ3) is 12.6. The molecule has 1 aliphatic heterocycles. The van der Waals surface area contributed by atoms with Crippen molar-refractivity contribution in [2.45, 2.75) is 64.6 Å². The molecular formula is C52H58N4O7. The van der Waals surface area contributed by atoms with Crippen LogP contribution in [0.1, 0.15) is 77.2 Å². The zero-order valence-electron chi connectivity index (χ0n) is 36.2. The standard InChI is InChI=1S/C52H58N4O7/c1-36(2)63-47-32-42(17-18-43(47)33-53-27-23-39-19-21-46(57)50-45(39)20-22-48(58)55-50)51(59)54-26-10-30-61-44-16-9-15-41(31-44)49(40-13-7-4-8-14-40)52(60)62-35-38-24-28-56(29-25-38)34-37-11-5-3-6-12-37/h3-9,11-22,31-32,36,38,49,53,57H,10,23-30,33-35H2,1-2H3,(H,54,59)(H,55,58). The molecule has 0 bridgehead atoms. The first-order chi connectivity index (χ1) is 30.7. The van der Waals surface area contributed by atoms with Crippen molar-refractivity contribution in [2.24, 2.45) is 5.92 Å². The van der Waals surface area contributed by atoms with Crippen LogP contribution in [0, 0.1) is 5.92 Å². The highest BCUT2D eigenvalue weighted by Gasteiger charge is 2.27. The van der Waals surface area contributed by atoms with Gasteiger partial charge in [-0.2, -0.15) is 0 Å². The Morgan fingerprint density at radius 3 is 2.35 bits per heavy atom. The van der Waals surface area contributed by atoms with E-state index >= 15 is 0 Å². The van der Waals surface area contributed by atoms with Crippen molar-refractivity contribution in [3.63, 3.8) is 0 Å². The zero-order valence-corrected chi connectivity index (χ0v) is 36.2. The third-order valence-corrected chi connectivity index (χ3v) is 11.4. The van der Waals surface area contributed by atoms with E-state index in [0.29, 0.717) is 74.2 Å². The molecule has 1 aromatic heterocycles. The Kier molecular flexibility index (Phi) is 15.6. The Hall–Kier alpha value is -6.43. The van der Waals surface area contributed by atoms with Gasteiger partial charge >= 0.3 is 5.97 Å². The van der Waals surface area contributed by atoms with Crippen LogP contribution in [0.5, 0.6) is 17.2 Å². The Morgan fingerprint density at radius 2 is 1.57 bits per heavy atom. The number of carbonyl (C=O) groups excluding carboxylic acids is 2. The number of hydrogen-bond acceptors (Lipinski definition) is 9. The normalized spacial score (nSPS) is 13.8. The number of pyridine rings is 1. The van der Waals surface area contributed by atoms with Crippen LogP contribution in [0.15, 0.2) is 132 Å². The van der Waals surface area contributed by atoms with Gasteiger partial charge in [-0.25, -0.2) is 0 Å². The van der Waals surface area contributed by atoms with Crippen LogP contribution in [-0.4, -0.2) is 72.4 Å². The average molecular weight is 851 g/mol. The van der Waals surface area contributed by atoms with Gasteiger partial charge in [0, 0.05) is 42.2 Å². The molecule has 7 rings (SSSR count). The van der Waals surface area contributed by atoms with Gasteiger partial charge in [0.25, 0.3) is 5.91 Å². The molecule has 11 heteroatoms. The van der Waals surface area contributed by atoms with Gasteiger partial charge in [0.05, 0.1) is 24.8 Å². The molecule has 328 valence electrons. The number of carbonyl (C=O) groups is 2. The van der Waals surface area contributed by atoms with Crippen molar-refractivity contribution in [1.29, 1.82) is 0 Å². The second kappa shape index (κ2) is 22.1. The van der Waals surface area contributed by atoms with E-state index in [1.807, 2.05) is 86.6 Å². The van der Waals surface area contributed by atoms with Gasteiger partial charge in [0.15, 0.2) is 0 Å². The lowest BCUT2D eigenvalue weighted by Gasteiger charge is -2.32. The topological polar surface area (TPSA) is 142 Å². The van der Waals surface area contributed by atoms with Crippen LogP contribution in [0.4, 0.5) is 0 Å². The van der Waals surface area contributed by atoms with E-state index < -0.39 is 5.92 Å². The number of amides is 1. The number of ether oxygens (including phenoxy) is 3. The van der Waals surface area contributed by atoms with E-state index in [0.717, 1.165) is 60.1 Å². The summed E-state index contributed by atoms with van der Waals surface area (Å²) in [6.45, 7) is 9.17. The molecule has 0 spiro atoms. The van der Waals surface area contributed by atoms with Crippen molar-refractivity contribution in [1.82, 2.24) is 20.5 Å².